The number of amides is 1. The van der Waals surface area contributed by atoms with Crippen molar-refractivity contribution in [2.45, 2.75) is 19.4 Å². The van der Waals surface area contributed by atoms with Crippen molar-refractivity contribution in [1.82, 2.24) is 4.31 Å². The van der Waals surface area contributed by atoms with E-state index >= 15 is 0 Å². The first-order chi connectivity index (χ1) is 10.9. The average molecular weight is 337 g/mol. The van der Waals surface area contributed by atoms with Crippen LogP contribution in [0.4, 0.5) is 0 Å². The summed E-state index contributed by atoms with van der Waals surface area (Å²) in [6.45, 7) is 1.12. The fourth-order valence-corrected chi connectivity index (χ4v) is 3.97. The van der Waals surface area contributed by atoms with Gasteiger partial charge in [0.2, 0.25) is 15.9 Å². The molecule has 1 unspecified atom stereocenters. The first-order valence-corrected chi connectivity index (χ1v) is 9.26. The van der Waals surface area contributed by atoms with Crippen molar-refractivity contribution in [1.29, 1.82) is 0 Å². The molecule has 0 radical (unpaired) electrons. The van der Waals surface area contributed by atoms with Gasteiger partial charge in [-0.25, -0.2) is 12.7 Å². The van der Waals surface area contributed by atoms with Gasteiger partial charge in [-0.3, -0.25) is 4.79 Å². The largest absolute Gasteiger partial charge is 0.369 e. The monoisotopic (exact) mass is 337 g/mol. The molecule has 1 aromatic carbocycles. The number of rotatable bonds is 6. The summed E-state index contributed by atoms with van der Waals surface area (Å²) in [5.41, 5.74) is 12.8. The summed E-state index contributed by atoms with van der Waals surface area (Å²) in [6.07, 6.45) is 4.72. The topological polar surface area (TPSA) is 106 Å². The molecule has 4 N–H and O–H groups in total. The molecule has 0 spiro atoms. The van der Waals surface area contributed by atoms with E-state index < -0.39 is 15.9 Å². The van der Waals surface area contributed by atoms with Gasteiger partial charge in [-0.2, -0.15) is 0 Å². The van der Waals surface area contributed by atoms with Crippen LogP contribution >= 0.6 is 0 Å². The van der Waals surface area contributed by atoms with Gasteiger partial charge in [-0.15, -0.1) is 0 Å². The highest BCUT2D eigenvalue weighted by atomic mass is 32.2. The summed E-state index contributed by atoms with van der Waals surface area (Å²) < 4.78 is 26.1. The predicted octanol–water partition coefficient (Wildman–Crippen LogP) is 0.686. The molecule has 2 rings (SSSR count). The molecule has 0 bridgehead atoms. The van der Waals surface area contributed by atoms with Crippen molar-refractivity contribution < 1.29 is 13.2 Å². The smallest absolute Gasteiger partial charge is 0.221 e. The van der Waals surface area contributed by atoms with Crippen molar-refractivity contribution in [2.75, 3.05) is 18.8 Å². The lowest BCUT2D eigenvalue weighted by molar-refractivity contribution is -0.122. The molecule has 126 valence electrons. The Bertz CT molecular complexity index is 668. The van der Waals surface area contributed by atoms with Crippen molar-refractivity contribution >= 4 is 22.0 Å². The summed E-state index contributed by atoms with van der Waals surface area (Å²) in [5.74, 6) is -0.899. The Morgan fingerprint density at radius 1 is 1.30 bits per heavy atom. The number of hydrogen-bond acceptors (Lipinski definition) is 4. The normalized spacial score (nSPS) is 20.0. The Morgan fingerprint density at radius 3 is 2.61 bits per heavy atom. The lowest BCUT2D eigenvalue weighted by atomic mass is 9.99. The van der Waals surface area contributed by atoms with Crippen LogP contribution in [0.15, 0.2) is 30.3 Å². The molecule has 0 saturated carbocycles. The van der Waals surface area contributed by atoms with E-state index in [1.165, 1.54) is 4.31 Å². The van der Waals surface area contributed by atoms with Crippen LogP contribution in [-0.4, -0.2) is 37.5 Å². The van der Waals surface area contributed by atoms with E-state index in [1.54, 1.807) is 12.2 Å². The zero-order valence-corrected chi connectivity index (χ0v) is 13.8. The maximum Gasteiger partial charge on any atom is 0.221 e. The van der Waals surface area contributed by atoms with Crippen LogP contribution in [-0.2, 0) is 21.4 Å². The van der Waals surface area contributed by atoms with Gasteiger partial charge in [0, 0.05) is 19.6 Å². The number of benzene rings is 1. The summed E-state index contributed by atoms with van der Waals surface area (Å²) in [7, 11) is -3.41. The minimum Gasteiger partial charge on any atom is -0.369 e. The molecule has 1 amide bonds. The molecule has 1 fully saturated rings. The lowest BCUT2D eigenvalue weighted by Gasteiger charge is -2.29. The molecule has 1 atom stereocenters. The minimum atomic E-state index is -3.41. The standard InChI is InChI=1S/C16H23N3O3S/c17-11-14-7-5-13(6-8-14)3-2-10-23(21,22)19-9-1-4-15(12-19)16(18)20/h2-3,5-8,15H,1,4,9-12,17H2,(H2,18,20). The number of nitrogens with two attached hydrogens (primary N) is 2. The Labute approximate surface area is 137 Å². The fraction of sp³-hybridized carbons (Fsp3) is 0.438. The van der Waals surface area contributed by atoms with Crippen LogP contribution in [0, 0.1) is 5.92 Å². The molecule has 1 aliphatic heterocycles. The number of hydrogen-bond donors (Lipinski definition) is 2. The molecule has 7 heteroatoms. The lowest BCUT2D eigenvalue weighted by Crippen LogP contribution is -2.44. The molecular formula is C16H23N3O3S. The molecule has 23 heavy (non-hydrogen) atoms. The Kier molecular flexibility index (Phi) is 5.92. The Balaban J connectivity index is 1.97. The molecule has 1 aliphatic rings. The maximum atomic E-state index is 12.4. The van der Waals surface area contributed by atoms with Gasteiger partial charge in [-0.1, -0.05) is 36.4 Å². The highest BCUT2D eigenvalue weighted by Gasteiger charge is 2.30. The SMILES string of the molecule is NCc1ccc(C=CCS(=O)(=O)N2CCCC(C(N)=O)C2)cc1. The van der Waals surface area contributed by atoms with Gasteiger partial charge in [0.25, 0.3) is 0 Å². The number of primary amides is 1. The first kappa shape index (κ1) is 17.7. The third-order valence-electron chi connectivity index (χ3n) is 4.01. The van der Waals surface area contributed by atoms with Gasteiger partial charge in [-0.05, 0) is 24.0 Å². The van der Waals surface area contributed by atoms with E-state index in [-0.39, 0.29) is 18.2 Å². The summed E-state index contributed by atoms with van der Waals surface area (Å²) in [4.78, 5) is 11.3. The molecule has 1 aromatic rings. The second kappa shape index (κ2) is 7.72. The van der Waals surface area contributed by atoms with Crippen molar-refractivity contribution in [2.24, 2.45) is 17.4 Å². The van der Waals surface area contributed by atoms with E-state index in [9.17, 15) is 13.2 Å². The summed E-state index contributed by atoms with van der Waals surface area (Å²) in [5, 5.41) is 0. The van der Waals surface area contributed by atoms with E-state index in [1.807, 2.05) is 24.3 Å². The number of carbonyl (C=O) groups is 1. The van der Waals surface area contributed by atoms with E-state index in [0.29, 0.717) is 25.9 Å². The van der Waals surface area contributed by atoms with Gasteiger partial charge in [0.1, 0.15) is 0 Å². The van der Waals surface area contributed by atoms with Crippen molar-refractivity contribution in [3.8, 4) is 0 Å². The molecule has 0 aliphatic carbocycles. The molecule has 1 saturated heterocycles. The first-order valence-electron chi connectivity index (χ1n) is 7.65. The van der Waals surface area contributed by atoms with Crippen LogP contribution < -0.4 is 11.5 Å². The third kappa shape index (κ3) is 4.89. The summed E-state index contributed by atoms with van der Waals surface area (Å²) >= 11 is 0. The van der Waals surface area contributed by atoms with Gasteiger partial charge >= 0.3 is 0 Å². The van der Waals surface area contributed by atoms with Gasteiger partial charge in [0.05, 0.1) is 11.7 Å². The molecule has 1 heterocycles. The number of carbonyl (C=O) groups excluding carboxylic acids is 1. The van der Waals surface area contributed by atoms with Crippen LogP contribution in [0.2, 0.25) is 0 Å². The quantitative estimate of drug-likeness (QED) is 0.796. The highest BCUT2D eigenvalue weighted by molar-refractivity contribution is 7.89. The Morgan fingerprint density at radius 2 is 2.00 bits per heavy atom. The molecule has 0 aromatic heterocycles. The fourth-order valence-electron chi connectivity index (χ4n) is 2.60. The van der Waals surface area contributed by atoms with E-state index in [2.05, 4.69) is 0 Å². The average Bonchev–Trinajstić information content (AvgIpc) is 2.55. The second-order valence-corrected chi connectivity index (χ2v) is 7.74. The highest BCUT2D eigenvalue weighted by Crippen LogP contribution is 2.19. The minimum absolute atomic E-state index is 0.0862. The van der Waals surface area contributed by atoms with Crippen LogP contribution in [0.1, 0.15) is 24.0 Å². The number of piperidine rings is 1. The van der Waals surface area contributed by atoms with Crippen molar-refractivity contribution in [3.05, 3.63) is 41.5 Å². The molecule has 6 nitrogen and oxygen atoms in total. The Hall–Kier alpha value is -1.70. The predicted molar refractivity (Wildman–Crippen MR) is 90.6 cm³/mol. The van der Waals surface area contributed by atoms with Crippen LogP contribution in [0.3, 0.4) is 0 Å². The number of nitrogens with zero attached hydrogens (tertiary/aromatic N) is 1. The molecular weight excluding hydrogens is 314 g/mol. The van der Waals surface area contributed by atoms with Gasteiger partial charge in [0.15, 0.2) is 0 Å². The van der Waals surface area contributed by atoms with Crippen molar-refractivity contribution in [3.63, 3.8) is 0 Å². The zero-order valence-electron chi connectivity index (χ0n) is 13.0. The maximum absolute atomic E-state index is 12.4. The van der Waals surface area contributed by atoms with Crippen LogP contribution in [0.5, 0.6) is 0 Å². The second-order valence-electron chi connectivity index (χ2n) is 5.73. The third-order valence-corrected chi connectivity index (χ3v) is 5.74. The van der Waals surface area contributed by atoms with E-state index in [4.69, 9.17) is 11.5 Å². The van der Waals surface area contributed by atoms with Gasteiger partial charge < -0.3 is 11.5 Å². The zero-order chi connectivity index (χ0) is 16.9. The summed E-state index contributed by atoms with van der Waals surface area (Å²) in [6, 6.07) is 7.62. The number of sulfonamides is 1. The van der Waals surface area contributed by atoms with Crippen LogP contribution in [0.25, 0.3) is 6.08 Å². The van der Waals surface area contributed by atoms with E-state index in [0.717, 1.165) is 11.1 Å².